The van der Waals surface area contributed by atoms with Crippen molar-refractivity contribution in [2.24, 2.45) is 0 Å². The van der Waals surface area contributed by atoms with Crippen molar-refractivity contribution in [1.82, 2.24) is 5.32 Å². The van der Waals surface area contributed by atoms with Gasteiger partial charge in [0.2, 0.25) is 0 Å². The van der Waals surface area contributed by atoms with Crippen LogP contribution in [0.4, 0.5) is 0 Å². The highest BCUT2D eigenvalue weighted by Gasteiger charge is 2.07. The van der Waals surface area contributed by atoms with E-state index in [0.29, 0.717) is 6.04 Å². The van der Waals surface area contributed by atoms with Gasteiger partial charge >= 0.3 is 0 Å². The van der Waals surface area contributed by atoms with E-state index in [4.69, 9.17) is 4.74 Å². The fourth-order valence-corrected chi connectivity index (χ4v) is 1.63. The first-order valence-electron chi connectivity index (χ1n) is 5.82. The summed E-state index contributed by atoms with van der Waals surface area (Å²) in [6.07, 6.45) is 3.89. The summed E-state index contributed by atoms with van der Waals surface area (Å²) in [5, 5.41) is 3.28. The molecule has 0 spiro atoms. The first kappa shape index (κ1) is 12.8. The fourth-order valence-electron chi connectivity index (χ4n) is 1.63. The Morgan fingerprint density at radius 1 is 1.50 bits per heavy atom. The second-order valence-electron chi connectivity index (χ2n) is 3.79. The molecule has 0 aliphatic heterocycles. The van der Waals surface area contributed by atoms with Gasteiger partial charge in [0.05, 0.1) is 6.61 Å². The molecule has 0 fully saturated rings. The molecule has 0 heterocycles. The average molecular weight is 219 g/mol. The lowest BCUT2D eigenvalue weighted by atomic mass is 10.0. The highest BCUT2D eigenvalue weighted by molar-refractivity contribution is 5.30. The van der Waals surface area contributed by atoms with Crippen LogP contribution in [-0.4, -0.2) is 13.7 Å². The molecule has 1 N–H and O–H groups in total. The van der Waals surface area contributed by atoms with Crippen molar-refractivity contribution < 1.29 is 4.74 Å². The largest absolute Gasteiger partial charge is 0.494 e. The fraction of sp³-hybridized carbons (Fsp3) is 0.429. The smallest absolute Gasteiger partial charge is 0.119 e. The third-order valence-corrected chi connectivity index (χ3v) is 2.48. The molecule has 1 rings (SSSR count). The van der Waals surface area contributed by atoms with E-state index in [0.717, 1.165) is 25.2 Å². The van der Waals surface area contributed by atoms with E-state index in [-0.39, 0.29) is 0 Å². The standard InChI is InChI=1S/C14H21NO/c1-4-7-14(15-3)12-8-6-9-13(11-12)16-10-5-2/h4,6,8-9,11,14-15H,1,5,7,10H2,2-3H3. The SMILES string of the molecule is C=CCC(NC)c1cccc(OCCC)c1. The minimum absolute atomic E-state index is 0.322. The van der Waals surface area contributed by atoms with Crippen LogP contribution >= 0.6 is 0 Å². The molecule has 0 aliphatic rings. The van der Waals surface area contributed by atoms with Gasteiger partial charge in [-0.05, 0) is 37.6 Å². The molecular formula is C14H21NO. The van der Waals surface area contributed by atoms with Gasteiger partial charge in [0.25, 0.3) is 0 Å². The Kier molecular flexibility index (Phi) is 5.65. The third-order valence-electron chi connectivity index (χ3n) is 2.48. The minimum atomic E-state index is 0.322. The van der Waals surface area contributed by atoms with E-state index in [1.165, 1.54) is 5.56 Å². The number of benzene rings is 1. The van der Waals surface area contributed by atoms with Crippen LogP contribution in [0.1, 0.15) is 31.4 Å². The summed E-state index contributed by atoms with van der Waals surface area (Å²) >= 11 is 0. The van der Waals surface area contributed by atoms with Crippen LogP contribution in [0.2, 0.25) is 0 Å². The summed E-state index contributed by atoms with van der Waals surface area (Å²) in [5.41, 5.74) is 1.25. The molecule has 2 heteroatoms. The van der Waals surface area contributed by atoms with Gasteiger partial charge < -0.3 is 10.1 Å². The van der Waals surface area contributed by atoms with Gasteiger partial charge in [0.15, 0.2) is 0 Å². The molecule has 0 radical (unpaired) electrons. The van der Waals surface area contributed by atoms with Gasteiger partial charge in [-0.3, -0.25) is 0 Å². The molecule has 0 saturated heterocycles. The topological polar surface area (TPSA) is 21.3 Å². The van der Waals surface area contributed by atoms with Crippen LogP contribution in [0, 0.1) is 0 Å². The van der Waals surface area contributed by atoms with Crippen LogP contribution in [0.25, 0.3) is 0 Å². The van der Waals surface area contributed by atoms with Crippen LogP contribution in [0.5, 0.6) is 5.75 Å². The molecule has 0 aromatic heterocycles. The zero-order chi connectivity index (χ0) is 11.8. The number of rotatable bonds is 7. The molecule has 2 nitrogen and oxygen atoms in total. The molecule has 1 unspecified atom stereocenters. The highest BCUT2D eigenvalue weighted by Crippen LogP contribution is 2.21. The molecule has 1 aromatic rings. The van der Waals surface area contributed by atoms with Crippen molar-refractivity contribution in [2.75, 3.05) is 13.7 Å². The quantitative estimate of drug-likeness (QED) is 0.710. The molecule has 0 amide bonds. The molecule has 0 bridgehead atoms. The maximum absolute atomic E-state index is 5.62. The zero-order valence-electron chi connectivity index (χ0n) is 10.2. The molecule has 88 valence electrons. The lowest BCUT2D eigenvalue weighted by Crippen LogP contribution is -2.15. The van der Waals surface area contributed by atoms with Crippen LogP contribution in [0.3, 0.4) is 0 Å². The lowest BCUT2D eigenvalue weighted by molar-refractivity contribution is 0.317. The zero-order valence-corrected chi connectivity index (χ0v) is 10.2. The van der Waals surface area contributed by atoms with Crippen molar-refractivity contribution in [3.8, 4) is 5.75 Å². The number of ether oxygens (including phenoxy) is 1. The second kappa shape index (κ2) is 7.07. The van der Waals surface area contributed by atoms with E-state index in [2.05, 4.69) is 31.0 Å². The Labute approximate surface area is 98.3 Å². The van der Waals surface area contributed by atoms with Crippen LogP contribution in [-0.2, 0) is 0 Å². The molecular weight excluding hydrogens is 198 g/mol. The summed E-state index contributed by atoms with van der Waals surface area (Å²) in [6, 6.07) is 8.57. The van der Waals surface area contributed by atoms with Crippen molar-refractivity contribution >= 4 is 0 Å². The summed E-state index contributed by atoms with van der Waals surface area (Å²) in [7, 11) is 1.97. The molecule has 0 aliphatic carbocycles. The van der Waals surface area contributed by atoms with E-state index in [9.17, 15) is 0 Å². The first-order chi connectivity index (χ1) is 7.81. The van der Waals surface area contributed by atoms with Crippen LogP contribution in [0.15, 0.2) is 36.9 Å². The molecule has 0 saturated carbocycles. The van der Waals surface area contributed by atoms with Crippen LogP contribution < -0.4 is 10.1 Å². The van der Waals surface area contributed by atoms with Crippen molar-refractivity contribution in [2.45, 2.75) is 25.8 Å². The van der Waals surface area contributed by atoms with Gasteiger partial charge in [-0.2, -0.15) is 0 Å². The van der Waals surface area contributed by atoms with E-state index >= 15 is 0 Å². The van der Waals surface area contributed by atoms with Gasteiger partial charge in [0, 0.05) is 6.04 Å². The lowest BCUT2D eigenvalue weighted by Gasteiger charge is -2.15. The Balaban J connectivity index is 2.74. The normalized spacial score (nSPS) is 12.1. The summed E-state index contributed by atoms with van der Waals surface area (Å²) in [6.45, 7) is 6.66. The van der Waals surface area contributed by atoms with E-state index in [1.807, 2.05) is 25.3 Å². The minimum Gasteiger partial charge on any atom is -0.494 e. The van der Waals surface area contributed by atoms with E-state index < -0.39 is 0 Å². The van der Waals surface area contributed by atoms with Crippen molar-refractivity contribution in [3.05, 3.63) is 42.5 Å². The van der Waals surface area contributed by atoms with Gasteiger partial charge in [-0.1, -0.05) is 25.1 Å². The molecule has 1 atom stereocenters. The maximum Gasteiger partial charge on any atom is 0.119 e. The maximum atomic E-state index is 5.62. The predicted octanol–water partition coefficient (Wildman–Crippen LogP) is 3.31. The Hall–Kier alpha value is -1.28. The monoisotopic (exact) mass is 219 g/mol. The van der Waals surface area contributed by atoms with E-state index in [1.54, 1.807) is 0 Å². The Morgan fingerprint density at radius 3 is 2.94 bits per heavy atom. The third kappa shape index (κ3) is 3.70. The average Bonchev–Trinajstić information content (AvgIpc) is 2.33. The summed E-state index contributed by atoms with van der Waals surface area (Å²) < 4.78 is 5.62. The number of hydrogen-bond donors (Lipinski definition) is 1. The predicted molar refractivity (Wildman–Crippen MR) is 68.8 cm³/mol. The number of nitrogens with one attached hydrogen (secondary N) is 1. The first-order valence-corrected chi connectivity index (χ1v) is 5.82. The van der Waals surface area contributed by atoms with Crippen molar-refractivity contribution in [3.63, 3.8) is 0 Å². The van der Waals surface area contributed by atoms with Gasteiger partial charge in [-0.15, -0.1) is 6.58 Å². The second-order valence-corrected chi connectivity index (χ2v) is 3.79. The Morgan fingerprint density at radius 2 is 2.31 bits per heavy atom. The number of hydrogen-bond acceptors (Lipinski definition) is 2. The Bertz CT molecular complexity index is 322. The highest BCUT2D eigenvalue weighted by atomic mass is 16.5. The van der Waals surface area contributed by atoms with Gasteiger partial charge in [0.1, 0.15) is 5.75 Å². The van der Waals surface area contributed by atoms with Gasteiger partial charge in [-0.25, -0.2) is 0 Å². The summed E-state index contributed by atoms with van der Waals surface area (Å²) in [4.78, 5) is 0. The molecule has 1 aromatic carbocycles. The molecule has 16 heavy (non-hydrogen) atoms. The van der Waals surface area contributed by atoms with Crippen molar-refractivity contribution in [1.29, 1.82) is 0 Å². The summed E-state index contributed by atoms with van der Waals surface area (Å²) in [5.74, 6) is 0.948.